The topological polar surface area (TPSA) is 23.4 Å². The van der Waals surface area contributed by atoms with Crippen molar-refractivity contribution in [3.8, 4) is 39.1 Å². The van der Waals surface area contributed by atoms with E-state index in [9.17, 15) is 0 Å². The Morgan fingerprint density at radius 3 is 1.77 bits per heavy atom. The fraction of sp³-hybridized carbons (Fsp3) is 0.163. The van der Waals surface area contributed by atoms with Crippen LogP contribution in [-0.2, 0) is 9.31 Å². The van der Waals surface area contributed by atoms with Crippen molar-refractivity contribution in [1.29, 1.82) is 0 Å². The molecule has 0 unspecified atom stereocenters. The molecule has 5 aromatic carbocycles. The van der Waals surface area contributed by atoms with Crippen LogP contribution in [-0.4, -0.2) is 22.9 Å². The third kappa shape index (κ3) is 5.58. The smallest absolute Gasteiger partial charge is 0.399 e. The van der Waals surface area contributed by atoms with Crippen molar-refractivity contribution in [1.82, 2.24) is 4.57 Å². The molecule has 1 aliphatic heterocycles. The summed E-state index contributed by atoms with van der Waals surface area (Å²) in [7, 11) is -0.412. The number of aromatic nitrogens is 1. The summed E-state index contributed by atoms with van der Waals surface area (Å²) in [5.41, 5.74) is 11.6. The molecule has 0 bridgehead atoms. The van der Waals surface area contributed by atoms with E-state index in [1.54, 1.807) is 0 Å². The minimum absolute atomic E-state index is 0.393. The van der Waals surface area contributed by atoms with E-state index in [2.05, 4.69) is 179 Å². The van der Waals surface area contributed by atoms with Crippen LogP contribution in [0.1, 0.15) is 45.9 Å². The van der Waals surface area contributed by atoms with Crippen molar-refractivity contribution in [3.63, 3.8) is 0 Å². The Balaban J connectivity index is 1.39. The summed E-state index contributed by atoms with van der Waals surface area (Å²) in [4.78, 5) is 0. The highest BCUT2D eigenvalue weighted by atomic mass is 16.7. The molecule has 0 aliphatic carbocycles. The van der Waals surface area contributed by atoms with E-state index in [0.717, 1.165) is 44.4 Å². The van der Waals surface area contributed by atoms with Crippen molar-refractivity contribution in [2.45, 2.75) is 45.8 Å². The lowest BCUT2D eigenvalue weighted by molar-refractivity contribution is 0.00578. The Bertz CT molecular complexity index is 2050. The molecule has 3 nitrogen and oxygen atoms in total. The molecule has 47 heavy (non-hydrogen) atoms. The minimum Gasteiger partial charge on any atom is -0.399 e. The quantitative estimate of drug-likeness (QED) is 0.167. The van der Waals surface area contributed by atoms with E-state index in [1.807, 2.05) is 6.08 Å². The van der Waals surface area contributed by atoms with Crippen LogP contribution in [0.15, 0.2) is 134 Å². The van der Waals surface area contributed by atoms with Crippen LogP contribution in [0.5, 0.6) is 0 Å². The van der Waals surface area contributed by atoms with Gasteiger partial charge in [-0.15, -0.1) is 0 Å². The van der Waals surface area contributed by atoms with Crippen LogP contribution in [0.3, 0.4) is 0 Å². The molecule has 0 saturated carbocycles. The number of allylic oxidation sites excluding steroid dienone is 1. The number of nitrogens with zero attached hydrogens (tertiary/aromatic N) is 1. The molecule has 1 fully saturated rings. The maximum absolute atomic E-state index is 6.38. The predicted molar refractivity (Wildman–Crippen MR) is 200 cm³/mol. The van der Waals surface area contributed by atoms with Crippen molar-refractivity contribution < 1.29 is 9.31 Å². The first-order valence-electron chi connectivity index (χ1n) is 16.3. The molecule has 1 aromatic heterocycles. The molecular formula is C43H40BNO2. The third-order valence-electron chi connectivity index (χ3n) is 9.71. The van der Waals surface area contributed by atoms with Gasteiger partial charge >= 0.3 is 7.12 Å². The summed E-state index contributed by atoms with van der Waals surface area (Å²) in [6, 6.07) is 43.4. The molecule has 0 amide bonds. The predicted octanol–water partition coefficient (Wildman–Crippen LogP) is 10.6. The van der Waals surface area contributed by atoms with Crippen LogP contribution in [0.2, 0.25) is 0 Å². The Morgan fingerprint density at radius 1 is 0.617 bits per heavy atom. The standard InChI is InChI=1S/C43H40BNO2/c1-7-16-40-38(8-2)39-29-33(32-21-15-22-36(26-32)44-46-42(3,4)43(5,6)47-44)23-24-41(39)45(40)37-27-34(30-17-11-9-12-18-30)25-35(28-37)31-19-13-10-14-20-31/h7-29H,2H2,1,3-6H3/b16-7-. The molecule has 232 valence electrons. The Morgan fingerprint density at radius 2 is 1.19 bits per heavy atom. The van der Waals surface area contributed by atoms with Gasteiger partial charge in [-0.2, -0.15) is 0 Å². The number of hydrogen-bond acceptors (Lipinski definition) is 2. The summed E-state index contributed by atoms with van der Waals surface area (Å²) in [5.74, 6) is 0. The molecule has 1 aliphatic rings. The van der Waals surface area contributed by atoms with Gasteiger partial charge in [-0.1, -0.05) is 110 Å². The SMILES string of the molecule is C=Cc1c(/C=C\C)n(-c2cc(-c3ccccc3)cc(-c3ccccc3)c2)c2ccc(-c3cccc(B4OC(C)(C)C(C)(C)O4)c3)cc12. The van der Waals surface area contributed by atoms with Crippen molar-refractivity contribution in [2.75, 3.05) is 0 Å². The lowest BCUT2D eigenvalue weighted by Gasteiger charge is -2.32. The zero-order chi connectivity index (χ0) is 32.8. The summed E-state index contributed by atoms with van der Waals surface area (Å²) >= 11 is 0. The summed E-state index contributed by atoms with van der Waals surface area (Å²) in [6.45, 7) is 14.7. The highest BCUT2D eigenvalue weighted by Gasteiger charge is 2.51. The van der Waals surface area contributed by atoms with Crippen molar-refractivity contribution >= 4 is 35.6 Å². The van der Waals surface area contributed by atoms with Gasteiger partial charge in [-0.05, 0) is 110 Å². The minimum atomic E-state index is -0.412. The lowest BCUT2D eigenvalue weighted by atomic mass is 9.78. The van der Waals surface area contributed by atoms with Crippen LogP contribution in [0.25, 0.3) is 62.1 Å². The Kier molecular flexibility index (Phi) is 7.87. The molecule has 1 saturated heterocycles. The summed E-state index contributed by atoms with van der Waals surface area (Å²) < 4.78 is 15.1. The van der Waals surface area contributed by atoms with Gasteiger partial charge in [0.05, 0.1) is 22.4 Å². The molecule has 6 aromatic rings. The van der Waals surface area contributed by atoms with E-state index in [-0.39, 0.29) is 0 Å². The van der Waals surface area contributed by atoms with Gasteiger partial charge in [-0.3, -0.25) is 0 Å². The molecule has 2 heterocycles. The van der Waals surface area contributed by atoms with Gasteiger partial charge in [0, 0.05) is 16.6 Å². The van der Waals surface area contributed by atoms with Crippen LogP contribution < -0.4 is 5.46 Å². The van der Waals surface area contributed by atoms with Crippen LogP contribution in [0, 0.1) is 0 Å². The molecule has 4 heteroatoms. The van der Waals surface area contributed by atoms with Crippen LogP contribution >= 0.6 is 0 Å². The molecule has 0 radical (unpaired) electrons. The normalized spacial score (nSPS) is 15.5. The second-order valence-corrected chi connectivity index (χ2v) is 13.3. The zero-order valence-corrected chi connectivity index (χ0v) is 27.8. The van der Waals surface area contributed by atoms with E-state index >= 15 is 0 Å². The monoisotopic (exact) mass is 613 g/mol. The van der Waals surface area contributed by atoms with Gasteiger partial charge in [0.25, 0.3) is 0 Å². The first-order chi connectivity index (χ1) is 22.7. The van der Waals surface area contributed by atoms with Gasteiger partial charge in [0.1, 0.15) is 0 Å². The third-order valence-corrected chi connectivity index (χ3v) is 9.71. The van der Waals surface area contributed by atoms with E-state index in [4.69, 9.17) is 9.31 Å². The summed E-state index contributed by atoms with van der Waals surface area (Å²) in [6.07, 6.45) is 6.27. The largest absolute Gasteiger partial charge is 0.494 e. The first kappa shape index (κ1) is 30.7. The fourth-order valence-electron chi connectivity index (χ4n) is 6.51. The van der Waals surface area contributed by atoms with Gasteiger partial charge < -0.3 is 13.9 Å². The first-order valence-corrected chi connectivity index (χ1v) is 16.3. The number of hydrogen-bond donors (Lipinski definition) is 0. The summed E-state index contributed by atoms with van der Waals surface area (Å²) in [5, 5.41) is 1.15. The maximum Gasteiger partial charge on any atom is 0.494 e. The Labute approximate surface area is 279 Å². The average Bonchev–Trinajstić information content (AvgIpc) is 3.52. The highest BCUT2D eigenvalue weighted by Crippen LogP contribution is 2.39. The number of rotatable bonds is 7. The van der Waals surface area contributed by atoms with Crippen molar-refractivity contribution in [3.05, 3.63) is 145 Å². The average molecular weight is 614 g/mol. The molecule has 0 spiro atoms. The lowest BCUT2D eigenvalue weighted by Crippen LogP contribution is -2.41. The molecule has 0 atom stereocenters. The highest BCUT2D eigenvalue weighted by molar-refractivity contribution is 6.62. The number of fused-ring (bicyclic) bond motifs is 1. The molecule has 7 rings (SSSR count). The molecule has 0 N–H and O–H groups in total. The van der Waals surface area contributed by atoms with E-state index in [1.165, 1.54) is 22.3 Å². The van der Waals surface area contributed by atoms with Crippen molar-refractivity contribution in [2.24, 2.45) is 0 Å². The second kappa shape index (κ2) is 12.0. The zero-order valence-electron chi connectivity index (χ0n) is 27.8. The van der Waals surface area contributed by atoms with Gasteiger partial charge in [-0.25, -0.2) is 0 Å². The van der Waals surface area contributed by atoms with Gasteiger partial charge in [0.15, 0.2) is 0 Å². The second-order valence-electron chi connectivity index (χ2n) is 13.3. The number of benzene rings is 5. The van der Waals surface area contributed by atoms with E-state index < -0.39 is 18.3 Å². The maximum atomic E-state index is 6.38. The van der Waals surface area contributed by atoms with Gasteiger partial charge in [0.2, 0.25) is 0 Å². The molecular weight excluding hydrogens is 573 g/mol. The van der Waals surface area contributed by atoms with E-state index in [0.29, 0.717) is 0 Å². The Hall–Kier alpha value is -4.90. The fourth-order valence-corrected chi connectivity index (χ4v) is 6.51. The van der Waals surface area contributed by atoms with Crippen LogP contribution in [0.4, 0.5) is 0 Å².